The van der Waals surface area contributed by atoms with Crippen molar-refractivity contribution in [2.24, 2.45) is 0 Å². The Hall–Kier alpha value is -2.53. The van der Waals surface area contributed by atoms with Gasteiger partial charge in [0.25, 0.3) is 0 Å². The van der Waals surface area contributed by atoms with Crippen molar-refractivity contribution in [3.8, 4) is 5.75 Å². The predicted molar refractivity (Wildman–Crippen MR) is 86.9 cm³/mol. The molecule has 0 aliphatic rings. The Morgan fingerprint density at radius 3 is 2.77 bits per heavy atom. The number of nitrogens with one attached hydrogen (secondary N) is 1. The number of hydrogen-bond donors (Lipinski definition) is 2. The number of carboxylic acids is 1. The molecule has 0 atom stereocenters. The van der Waals surface area contributed by atoms with Crippen molar-refractivity contribution < 1.29 is 14.6 Å². The first-order valence-electron chi connectivity index (χ1n) is 6.61. The van der Waals surface area contributed by atoms with Gasteiger partial charge in [0.15, 0.2) is 0 Å². The Morgan fingerprint density at radius 1 is 1.23 bits per heavy atom. The molecule has 22 heavy (non-hydrogen) atoms. The first-order chi connectivity index (χ1) is 10.6. The monoisotopic (exact) mass is 316 g/mol. The molecule has 0 saturated heterocycles. The van der Waals surface area contributed by atoms with Crippen LogP contribution in [0.1, 0.15) is 0 Å². The number of nitrogens with zero attached hydrogens (tertiary/aromatic N) is 1. The van der Waals surface area contributed by atoms with Crippen LogP contribution in [0, 0.1) is 0 Å². The summed E-state index contributed by atoms with van der Waals surface area (Å²) in [5.74, 6) is -0.254. The van der Waals surface area contributed by atoms with Crippen molar-refractivity contribution >= 4 is 45.1 Å². The van der Waals surface area contributed by atoms with Crippen molar-refractivity contribution in [3.63, 3.8) is 0 Å². The molecule has 0 aliphatic carbocycles. The van der Waals surface area contributed by atoms with E-state index in [-0.39, 0.29) is 6.54 Å². The predicted octanol–water partition coefficient (Wildman–Crippen LogP) is 3.55. The van der Waals surface area contributed by atoms with Gasteiger partial charge in [0.2, 0.25) is 0 Å². The second kappa shape index (κ2) is 5.69. The third-order valence-electron chi connectivity index (χ3n) is 3.36. The lowest BCUT2D eigenvalue weighted by Crippen LogP contribution is -2.13. The van der Waals surface area contributed by atoms with E-state index in [4.69, 9.17) is 21.4 Å². The topological polar surface area (TPSA) is 71.5 Å². The average Bonchev–Trinajstić information content (AvgIpc) is 2.50. The number of hydrogen-bond acceptors (Lipinski definition) is 4. The fourth-order valence-electron chi connectivity index (χ4n) is 2.38. The molecule has 3 rings (SSSR count). The second-order valence-corrected chi connectivity index (χ2v) is 5.22. The minimum Gasteiger partial charge on any atom is -0.497 e. The number of benzene rings is 2. The van der Waals surface area contributed by atoms with Crippen LogP contribution in [0.25, 0.3) is 21.8 Å². The normalized spacial score (nSPS) is 10.8. The molecule has 0 spiro atoms. The number of anilines is 1. The Kier molecular flexibility index (Phi) is 3.73. The maximum absolute atomic E-state index is 10.9. The fourth-order valence-corrected chi connectivity index (χ4v) is 2.54. The lowest BCUT2D eigenvalue weighted by molar-refractivity contribution is -0.134. The number of pyridine rings is 1. The maximum Gasteiger partial charge on any atom is 0.322 e. The fraction of sp³-hybridized carbons (Fsp3) is 0.125. The van der Waals surface area contributed by atoms with Crippen molar-refractivity contribution in [2.75, 3.05) is 19.0 Å². The summed E-state index contributed by atoms with van der Waals surface area (Å²) in [6.07, 6.45) is 0. The molecule has 5 nitrogen and oxygen atoms in total. The number of methoxy groups -OCH3 is 1. The van der Waals surface area contributed by atoms with Crippen LogP contribution in [-0.4, -0.2) is 29.7 Å². The van der Waals surface area contributed by atoms with Crippen LogP contribution in [0.2, 0.25) is 5.02 Å². The standard InChI is InChI=1S/C16H13ClN2O3/c1-22-10-3-5-13-12(7-10)16(18-8-15(20)21)11-4-2-9(17)6-14(11)19-13/h2-7H,8H2,1H3,(H,18,19)(H,20,21). The molecule has 0 aliphatic heterocycles. The Balaban J connectivity index is 2.31. The molecule has 0 fully saturated rings. The van der Waals surface area contributed by atoms with E-state index in [0.717, 1.165) is 16.3 Å². The van der Waals surface area contributed by atoms with Gasteiger partial charge in [-0.15, -0.1) is 0 Å². The van der Waals surface area contributed by atoms with E-state index in [0.29, 0.717) is 22.0 Å². The number of carboxylic acid groups (broad SMARTS) is 1. The average molecular weight is 317 g/mol. The highest BCUT2D eigenvalue weighted by Gasteiger charge is 2.11. The SMILES string of the molecule is COc1ccc2nc3cc(Cl)ccc3c(NCC(=O)O)c2c1. The number of aromatic nitrogens is 1. The largest absolute Gasteiger partial charge is 0.497 e. The molecule has 0 bridgehead atoms. The number of fused-ring (bicyclic) bond motifs is 2. The van der Waals surface area contributed by atoms with Crippen LogP contribution in [-0.2, 0) is 4.79 Å². The summed E-state index contributed by atoms with van der Waals surface area (Å²) >= 11 is 6.02. The molecule has 0 amide bonds. The third kappa shape index (κ3) is 2.63. The van der Waals surface area contributed by atoms with Crippen LogP contribution in [0.5, 0.6) is 5.75 Å². The summed E-state index contributed by atoms with van der Waals surface area (Å²) in [6.45, 7) is -0.186. The molecule has 0 saturated carbocycles. The number of rotatable bonds is 4. The van der Waals surface area contributed by atoms with Gasteiger partial charge >= 0.3 is 5.97 Å². The minimum atomic E-state index is -0.935. The zero-order chi connectivity index (χ0) is 15.7. The summed E-state index contributed by atoms with van der Waals surface area (Å²) in [6, 6.07) is 10.8. The van der Waals surface area contributed by atoms with Gasteiger partial charge in [0.1, 0.15) is 12.3 Å². The molecule has 0 radical (unpaired) electrons. The van der Waals surface area contributed by atoms with Gasteiger partial charge in [0.05, 0.1) is 23.8 Å². The van der Waals surface area contributed by atoms with Gasteiger partial charge in [-0.3, -0.25) is 4.79 Å². The second-order valence-electron chi connectivity index (χ2n) is 4.78. The van der Waals surface area contributed by atoms with Gasteiger partial charge in [-0.1, -0.05) is 11.6 Å². The van der Waals surface area contributed by atoms with Gasteiger partial charge in [-0.05, 0) is 36.4 Å². The Morgan fingerprint density at radius 2 is 2.05 bits per heavy atom. The highest BCUT2D eigenvalue weighted by Crippen LogP contribution is 2.33. The van der Waals surface area contributed by atoms with Crippen molar-refractivity contribution in [3.05, 3.63) is 41.4 Å². The van der Waals surface area contributed by atoms with E-state index in [2.05, 4.69) is 10.3 Å². The number of carbonyl (C=O) groups is 1. The number of ether oxygens (including phenoxy) is 1. The van der Waals surface area contributed by atoms with Crippen molar-refractivity contribution in [1.82, 2.24) is 4.98 Å². The summed E-state index contributed by atoms with van der Waals surface area (Å²) in [7, 11) is 1.58. The van der Waals surface area contributed by atoms with E-state index in [1.54, 1.807) is 19.2 Å². The molecule has 2 aromatic carbocycles. The van der Waals surface area contributed by atoms with Gasteiger partial charge in [0, 0.05) is 15.8 Å². The summed E-state index contributed by atoms with van der Waals surface area (Å²) < 4.78 is 5.24. The Bertz CT molecular complexity index is 880. The highest BCUT2D eigenvalue weighted by molar-refractivity contribution is 6.31. The third-order valence-corrected chi connectivity index (χ3v) is 3.59. The number of aliphatic carboxylic acids is 1. The molecule has 3 aromatic rings. The van der Waals surface area contributed by atoms with E-state index in [1.165, 1.54) is 0 Å². The number of halogens is 1. The zero-order valence-electron chi connectivity index (χ0n) is 11.8. The molecule has 112 valence electrons. The van der Waals surface area contributed by atoms with Crippen LogP contribution in [0.4, 0.5) is 5.69 Å². The molecular weight excluding hydrogens is 304 g/mol. The first kappa shape index (κ1) is 14.4. The summed E-state index contributed by atoms with van der Waals surface area (Å²) in [5.41, 5.74) is 2.15. The summed E-state index contributed by atoms with van der Waals surface area (Å²) in [5, 5.41) is 14.1. The maximum atomic E-state index is 10.9. The molecular formula is C16H13ClN2O3. The van der Waals surface area contributed by atoms with Crippen LogP contribution in [0.15, 0.2) is 36.4 Å². The quantitative estimate of drug-likeness (QED) is 0.720. The molecule has 1 aromatic heterocycles. The molecule has 0 unspecified atom stereocenters. The van der Waals surface area contributed by atoms with E-state index in [1.807, 2.05) is 24.3 Å². The molecule has 2 N–H and O–H groups in total. The molecule has 6 heteroatoms. The highest BCUT2D eigenvalue weighted by atomic mass is 35.5. The lowest BCUT2D eigenvalue weighted by Gasteiger charge is -2.13. The van der Waals surface area contributed by atoms with Gasteiger partial charge in [-0.2, -0.15) is 0 Å². The molecule has 1 heterocycles. The van der Waals surface area contributed by atoms with Crippen molar-refractivity contribution in [1.29, 1.82) is 0 Å². The van der Waals surface area contributed by atoms with E-state index < -0.39 is 5.97 Å². The first-order valence-corrected chi connectivity index (χ1v) is 6.99. The minimum absolute atomic E-state index is 0.186. The van der Waals surface area contributed by atoms with E-state index >= 15 is 0 Å². The van der Waals surface area contributed by atoms with Crippen molar-refractivity contribution in [2.45, 2.75) is 0 Å². The van der Waals surface area contributed by atoms with Crippen LogP contribution in [0.3, 0.4) is 0 Å². The van der Waals surface area contributed by atoms with Gasteiger partial charge in [-0.25, -0.2) is 4.98 Å². The van der Waals surface area contributed by atoms with Crippen LogP contribution < -0.4 is 10.1 Å². The smallest absolute Gasteiger partial charge is 0.322 e. The van der Waals surface area contributed by atoms with Crippen LogP contribution >= 0.6 is 11.6 Å². The Labute approximate surface area is 131 Å². The zero-order valence-corrected chi connectivity index (χ0v) is 12.5. The van der Waals surface area contributed by atoms with E-state index in [9.17, 15) is 4.79 Å². The lowest BCUT2D eigenvalue weighted by atomic mass is 10.1. The summed E-state index contributed by atoms with van der Waals surface area (Å²) in [4.78, 5) is 15.5. The van der Waals surface area contributed by atoms with Gasteiger partial charge < -0.3 is 15.2 Å².